The second-order valence-electron chi connectivity index (χ2n) is 6.47. The molecule has 0 bridgehead atoms. The minimum absolute atomic E-state index is 0.214. The van der Waals surface area contributed by atoms with Crippen molar-refractivity contribution in [1.82, 2.24) is 20.1 Å². The Labute approximate surface area is 164 Å². The summed E-state index contributed by atoms with van der Waals surface area (Å²) in [6.45, 7) is 6.31. The fourth-order valence-electron chi connectivity index (χ4n) is 2.89. The number of nitrogens with one attached hydrogen (secondary N) is 1. The number of amides is 1. The van der Waals surface area contributed by atoms with E-state index in [1.165, 1.54) is 0 Å². The Bertz CT molecular complexity index is 994. The molecule has 146 valence electrons. The Hall–Kier alpha value is -3.35. The van der Waals surface area contributed by atoms with Crippen molar-refractivity contribution >= 4 is 5.91 Å². The summed E-state index contributed by atoms with van der Waals surface area (Å²) in [6.07, 6.45) is 1.55. The number of hydrogen-bond donors (Lipinski definition) is 1. The zero-order valence-electron chi connectivity index (χ0n) is 16.7. The largest absolute Gasteiger partial charge is 0.497 e. The summed E-state index contributed by atoms with van der Waals surface area (Å²) >= 11 is 0. The molecule has 3 rings (SSSR count). The van der Waals surface area contributed by atoms with Crippen molar-refractivity contribution in [3.63, 3.8) is 0 Å². The third-order valence-electron chi connectivity index (χ3n) is 4.81. The van der Waals surface area contributed by atoms with Gasteiger partial charge in [-0.2, -0.15) is 5.10 Å². The van der Waals surface area contributed by atoms with Gasteiger partial charge in [0.05, 0.1) is 25.5 Å². The van der Waals surface area contributed by atoms with E-state index in [1.54, 1.807) is 37.2 Å². The van der Waals surface area contributed by atoms with E-state index in [9.17, 15) is 4.79 Å². The second-order valence-corrected chi connectivity index (χ2v) is 6.47. The van der Waals surface area contributed by atoms with Crippen molar-refractivity contribution in [2.75, 3.05) is 14.2 Å². The van der Waals surface area contributed by atoms with Crippen LogP contribution in [0.15, 0.2) is 36.5 Å². The maximum Gasteiger partial charge on any atom is 0.253 e. The quantitative estimate of drug-likeness (QED) is 0.711. The van der Waals surface area contributed by atoms with Gasteiger partial charge in [0.1, 0.15) is 11.5 Å². The Morgan fingerprint density at radius 1 is 1.11 bits per heavy atom. The summed E-state index contributed by atoms with van der Waals surface area (Å²) < 4.78 is 12.4. The summed E-state index contributed by atoms with van der Waals surface area (Å²) in [5.74, 6) is 1.86. The van der Waals surface area contributed by atoms with Gasteiger partial charge in [-0.25, -0.2) is 9.67 Å². The number of aromatic nitrogens is 3. The van der Waals surface area contributed by atoms with Crippen LogP contribution in [0.1, 0.15) is 32.9 Å². The molecule has 0 saturated carbocycles. The molecule has 0 atom stereocenters. The van der Waals surface area contributed by atoms with Crippen LogP contribution in [0.3, 0.4) is 0 Å². The zero-order chi connectivity index (χ0) is 20.3. The Morgan fingerprint density at radius 3 is 2.46 bits per heavy atom. The Morgan fingerprint density at radius 2 is 1.89 bits per heavy atom. The van der Waals surface area contributed by atoms with Crippen LogP contribution in [0, 0.1) is 20.8 Å². The first kappa shape index (κ1) is 19.4. The number of methoxy groups -OCH3 is 2. The molecule has 3 aromatic rings. The maximum absolute atomic E-state index is 12.5. The molecule has 28 heavy (non-hydrogen) atoms. The number of hydrogen-bond acceptors (Lipinski definition) is 5. The number of ether oxygens (including phenoxy) is 2. The molecule has 0 spiro atoms. The standard InChI is InChI=1S/C21H24N4O3/c1-13-14(2)24-25(15(13)3)20-9-6-16(11-22-20)21(26)23-12-17-10-18(27-4)7-8-19(17)28-5/h6-11H,12H2,1-5H3,(H,23,26). The summed E-state index contributed by atoms with van der Waals surface area (Å²) in [5.41, 5.74) is 4.44. The van der Waals surface area contributed by atoms with Crippen LogP contribution in [-0.4, -0.2) is 34.9 Å². The van der Waals surface area contributed by atoms with Crippen LogP contribution in [0.4, 0.5) is 0 Å². The molecule has 2 aromatic heterocycles. The molecule has 2 heterocycles. The van der Waals surface area contributed by atoms with Crippen molar-refractivity contribution in [3.8, 4) is 17.3 Å². The molecule has 0 aliphatic carbocycles. The molecule has 0 radical (unpaired) electrons. The lowest BCUT2D eigenvalue weighted by molar-refractivity contribution is 0.0950. The molecule has 1 N–H and O–H groups in total. The fraction of sp³-hybridized carbons (Fsp3) is 0.286. The van der Waals surface area contributed by atoms with Crippen molar-refractivity contribution in [2.45, 2.75) is 27.3 Å². The number of aryl methyl sites for hydroxylation is 1. The van der Waals surface area contributed by atoms with Crippen molar-refractivity contribution in [3.05, 3.63) is 64.6 Å². The van der Waals surface area contributed by atoms with Gasteiger partial charge in [-0.1, -0.05) is 0 Å². The number of carbonyl (C=O) groups is 1. The van der Waals surface area contributed by atoms with Crippen LogP contribution in [-0.2, 0) is 6.54 Å². The molecule has 1 aromatic carbocycles. The number of nitrogens with zero attached hydrogens (tertiary/aromatic N) is 3. The average Bonchev–Trinajstić information content (AvgIpc) is 2.99. The smallest absolute Gasteiger partial charge is 0.253 e. The first-order valence-corrected chi connectivity index (χ1v) is 8.93. The molecule has 0 unspecified atom stereocenters. The molecular weight excluding hydrogens is 356 g/mol. The predicted octanol–water partition coefficient (Wildman–Crippen LogP) is 3.14. The topological polar surface area (TPSA) is 78.3 Å². The number of carbonyl (C=O) groups excluding carboxylic acids is 1. The van der Waals surface area contributed by atoms with Gasteiger partial charge in [-0.15, -0.1) is 0 Å². The van der Waals surface area contributed by atoms with Crippen LogP contribution in [0.2, 0.25) is 0 Å². The SMILES string of the molecule is COc1ccc(OC)c(CNC(=O)c2ccc(-n3nc(C)c(C)c3C)nc2)c1. The van der Waals surface area contributed by atoms with E-state index in [-0.39, 0.29) is 5.91 Å². The number of rotatable bonds is 6. The second kappa shape index (κ2) is 8.12. The van der Waals surface area contributed by atoms with Crippen molar-refractivity contribution in [1.29, 1.82) is 0 Å². The third kappa shape index (κ3) is 3.83. The highest BCUT2D eigenvalue weighted by Gasteiger charge is 2.12. The van der Waals surface area contributed by atoms with Gasteiger partial charge < -0.3 is 14.8 Å². The third-order valence-corrected chi connectivity index (χ3v) is 4.81. The van der Waals surface area contributed by atoms with Crippen LogP contribution >= 0.6 is 0 Å². The van der Waals surface area contributed by atoms with E-state index in [2.05, 4.69) is 15.4 Å². The van der Waals surface area contributed by atoms with Crippen LogP contribution < -0.4 is 14.8 Å². The minimum Gasteiger partial charge on any atom is -0.497 e. The highest BCUT2D eigenvalue weighted by Crippen LogP contribution is 2.24. The van der Waals surface area contributed by atoms with Crippen LogP contribution in [0.5, 0.6) is 11.5 Å². The Kier molecular flexibility index (Phi) is 5.63. The van der Waals surface area contributed by atoms with Crippen molar-refractivity contribution < 1.29 is 14.3 Å². The molecule has 0 aliphatic heterocycles. The average molecular weight is 380 g/mol. The van der Waals surface area contributed by atoms with Crippen molar-refractivity contribution in [2.24, 2.45) is 0 Å². The number of pyridine rings is 1. The molecule has 0 aliphatic rings. The first-order chi connectivity index (χ1) is 13.4. The lowest BCUT2D eigenvalue weighted by Gasteiger charge is -2.11. The van der Waals surface area contributed by atoms with Gasteiger partial charge in [-0.05, 0) is 56.7 Å². The molecule has 0 saturated heterocycles. The van der Waals surface area contributed by atoms with Gasteiger partial charge in [-0.3, -0.25) is 4.79 Å². The zero-order valence-corrected chi connectivity index (χ0v) is 16.7. The minimum atomic E-state index is -0.214. The maximum atomic E-state index is 12.5. The van der Waals surface area contributed by atoms with E-state index in [4.69, 9.17) is 9.47 Å². The normalized spacial score (nSPS) is 10.6. The summed E-state index contributed by atoms with van der Waals surface area (Å²) in [5, 5.41) is 7.38. The van der Waals surface area contributed by atoms with Crippen LogP contribution in [0.25, 0.3) is 5.82 Å². The highest BCUT2D eigenvalue weighted by molar-refractivity contribution is 5.93. The predicted molar refractivity (Wildman–Crippen MR) is 106 cm³/mol. The van der Waals surface area contributed by atoms with E-state index < -0.39 is 0 Å². The molecule has 7 nitrogen and oxygen atoms in total. The van der Waals surface area contributed by atoms with E-state index in [0.717, 1.165) is 22.5 Å². The van der Waals surface area contributed by atoms with Gasteiger partial charge >= 0.3 is 0 Å². The summed E-state index contributed by atoms with van der Waals surface area (Å²) in [6, 6.07) is 9.00. The lowest BCUT2D eigenvalue weighted by atomic mass is 10.1. The first-order valence-electron chi connectivity index (χ1n) is 8.93. The van der Waals surface area contributed by atoms with Gasteiger partial charge in [0, 0.05) is 24.0 Å². The number of benzene rings is 1. The molecule has 1 amide bonds. The highest BCUT2D eigenvalue weighted by atomic mass is 16.5. The van der Waals surface area contributed by atoms with Gasteiger partial charge in [0.2, 0.25) is 0 Å². The lowest BCUT2D eigenvalue weighted by Crippen LogP contribution is -2.23. The van der Waals surface area contributed by atoms with Gasteiger partial charge in [0.15, 0.2) is 5.82 Å². The van der Waals surface area contributed by atoms with E-state index in [1.807, 2.05) is 39.0 Å². The Balaban J connectivity index is 1.73. The fourth-order valence-corrected chi connectivity index (χ4v) is 2.89. The summed E-state index contributed by atoms with van der Waals surface area (Å²) in [7, 11) is 3.19. The summed E-state index contributed by atoms with van der Waals surface area (Å²) in [4.78, 5) is 16.9. The van der Waals surface area contributed by atoms with E-state index >= 15 is 0 Å². The molecule has 7 heteroatoms. The van der Waals surface area contributed by atoms with Gasteiger partial charge in [0.25, 0.3) is 5.91 Å². The van der Waals surface area contributed by atoms with E-state index in [0.29, 0.717) is 29.4 Å². The molecule has 0 fully saturated rings. The molecular formula is C21H24N4O3. The monoisotopic (exact) mass is 380 g/mol.